The molecule has 4 nitrogen and oxygen atoms in total. The van der Waals surface area contributed by atoms with E-state index >= 15 is 0 Å². The molecular weight excluding hydrogens is 354 g/mol. The van der Waals surface area contributed by atoms with Crippen molar-refractivity contribution in [2.75, 3.05) is 45.6 Å². The summed E-state index contributed by atoms with van der Waals surface area (Å²) in [5, 5.41) is 4.54. The molecule has 0 aliphatic carbocycles. The van der Waals surface area contributed by atoms with E-state index in [9.17, 15) is 0 Å². The van der Waals surface area contributed by atoms with E-state index in [1.165, 1.54) is 12.0 Å². The van der Waals surface area contributed by atoms with Gasteiger partial charge in [0.15, 0.2) is 5.96 Å². The monoisotopic (exact) mass is 383 g/mol. The van der Waals surface area contributed by atoms with Crippen molar-refractivity contribution in [3.8, 4) is 0 Å². The number of nitrogens with zero attached hydrogens (tertiary/aromatic N) is 2. The fourth-order valence-electron chi connectivity index (χ4n) is 3.06. The molecule has 25 heavy (non-hydrogen) atoms. The van der Waals surface area contributed by atoms with Gasteiger partial charge in [-0.25, -0.2) is 0 Å². The summed E-state index contributed by atoms with van der Waals surface area (Å²) in [6, 6.07) is 8.09. The van der Waals surface area contributed by atoms with Crippen molar-refractivity contribution in [1.29, 1.82) is 0 Å². The fourth-order valence-corrected chi connectivity index (χ4v) is 3.90. The van der Waals surface area contributed by atoms with Crippen LogP contribution in [0.1, 0.15) is 31.1 Å². The molecule has 1 heterocycles. The van der Waals surface area contributed by atoms with Crippen LogP contribution >= 0.6 is 23.4 Å². The lowest BCUT2D eigenvalue weighted by Gasteiger charge is -2.23. The molecular formula is C19H30ClN3OS. The van der Waals surface area contributed by atoms with Gasteiger partial charge < -0.3 is 15.0 Å². The average Bonchev–Trinajstić information content (AvgIpc) is 3.08. The Morgan fingerprint density at radius 2 is 2.32 bits per heavy atom. The van der Waals surface area contributed by atoms with Crippen LogP contribution in [0.15, 0.2) is 29.3 Å². The third-order valence-electron chi connectivity index (χ3n) is 4.39. The van der Waals surface area contributed by atoms with E-state index in [4.69, 9.17) is 21.3 Å². The molecule has 2 atom stereocenters. The summed E-state index contributed by atoms with van der Waals surface area (Å²) in [4.78, 5) is 7.28. The van der Waals surface area contributed by atoms with Gasteiger partial charge in [0.25, 0.3) is 0 Å². The Kier molecular flexibility index (Phi) is 8.93. The van der Waals surface area contributed by atoms with Crippen LogP contribution in [0.25, 0.3) is 0 Å². The third-order valence-corrected chi connectivity index (χ3v) is 5.62. The number of nitrogens with one attached hydrogen (secondary N) is 1. The zero-order chi connectivity index (χ0) is 18.1. The number of likely N-dealkylation sites (tertiary alicyclic amines) is 1. The minimum Gasteiger partial charge on any atom is -0.381 e. The molecule has 0 spiro atoms. The normalized spacial score (nSPS) is 19.3. The van der Waals surface area contributed by atoms with Gasteiger partial charge in [-0.2, -0.15) is 11.8 Å². The number of rotatable bonds is 8. The van der Waals surface area contributed by atoms with Crippen molar-refractivity contribution in [1.82, 2.24) is 10.2 Å². The quantitative estimate of drug-likeness (QED) is 0.542. The summed E-state index contributed by atoms with van der Waals surface area (Å²) in [7, 11) is 0. The summed E-state index contributed by atoms with van der Waals surface area (Å²) in [6.07, 6.45) is 3.30. The van der Waals surface area contributed by atoms with Crippen LogP contribution in [0.3, 0.4) is 0 Å². The molecule has 0 amide bonds. The number of hydrogen-bond acceptors (Lipinski definition) is 3. The number of halogens is 1. The number of ether oxygens (including phenoxy) is 1. The Morgan fingerprint density at radius 3 is 3.00 bits per heavy atom. The van der Waals surface area contributed by atoms with Gasteiger partial charge in [0.2, 0.25) is 0 Å². The van der Waals surface area contributed by atoms with E-state index in [0.29, 0.717) is 11.2 Å². The first-order valence-corrected chi connectivity index (χ1v) is 10.7. The largest absolute Gasteiger partial charge is 0.381 e. The van der Waals surface area contributed by atoms with Gasteiger partial charge in [-0.3, -0.25) is 4.99 Å². The first-order chi connectivity index (χ1) is 12.2. The van der Waals surface area contributed by atoms with Gasteiger partial charge >= 0.3 is 0 Å². The predicted molar refractivity (Wildman–Crippen MR) is 110 cm³/mol. The minimum atomic E-state index is 0.314. The first-order valence-electron chi connectivity index (χ1n) is 9.07. The second-order valence-electron chi connectivity index (χ2n) is 6.23. The lowest BCUT2D eigenvalue weighted by atomic mass is 10.1. The Bertz CT molecular complexity index is 555. The molecule has 0 aromatic heterocycles. The topological polar surface area (TPSA) is 36.9 Å². The maximum absolute atomic E-state index is 6.14. The number of guanidine groups is 1. The van der Waals surface area contributed by atoms with Crippen LogP contribution < -0.4 is 5.32 Å². The SMILES string of the molecule is CCNC(=NCC(SC)c1cccc(Cl)c1)N1CCC(COCC)C1. The third kappa shape index (κ3) is 6.39. The molecule has 6 heteroatoms. The minimum absolute atomic E-state index is 0.314. The second-order valence-corrected chi connectivity index (χ2v) is 7.71. The lowest BCUT2D eigenvalue weighted by Crippen LogP contribution is -2.40. The highest BCUT2D eigenvalue weighted by Gasteiger charge is 2.25. The fraction of sp³-hybridized carbons (Fsp3) is 0.632. The maximum Gasteiger partial charge on any atom is 0.193 e. The van der Waals surface area contributed by atoms with Crippen molar-refractivity contribution < 1.29 is 4.74 Å². The van der Waals surface area contributed by atoms with E-state index in [-0.39, 0.29) is 0 Å². The van der Waals surface area contributed by atoms with Crippen LogP contribution in [0, 0.1) is 5.92 Å². The smallest absolute Gasteiger partial charge is 0.193 e. The van der Waals surface area contributed by atoms with Crippen molar-refractivity contribution in [2.24, 2.45) is 10.9 Å². The lowest BCUT2D eigenvalue weighted by molar-refractivity contribution is 0.114. The van der Waals surface area contributed by atoms with Crippen molar-refractivity contribution in [3.05, 3.63) is 34.9 Å². The zero-order valence-electron chi connectivity index (χ0n) is 15.5. The molecule has 140 valence electrons. The Morgan fingerprint density at radius 1 is 1.48 bits per heavy atom. The van der Waals surface area contributed by atoms with Crippen molar-refractivity contribution >= 4 is 29.3 Å². The average molecular weight is 384 g/mol. The number of benzene rings is 1. The summed E-state index contributed by atoms with van der Waals surface area (Å²) in [5.74, 6) is 1.62. The van der Waals surface area contributed by atoms with Crippen molar-refractivity contribution in [3.63, 3.8) is 0 Å². The first kappa shape index (κ1) is 20.4. The van der Waals surface area contributed by atoms with E-state index in [2.05, 4.69) is 36.4 Å². The van der Waals surface area contributed by atoms with Gasteiger partial charge in [-0.1, -0.05) is 23.7 Å². The number of aliphatic imine (C=N–C) groups is 1. The predicted octanol–water partition coefficient (Wildman–Crippen LogP) is 4.07. The molecule has 0 saturated carbocycles. The molecule has 1 aromatic carbocycles. The van der Waals surface area contributed by atoms with E-state index < -0.39 is 0 Å². The zero-order valence-corrected chi connectivity index (χ0v) is 17.1. The molecule has 0 bridgehead atoms. The summed E-state index contributed by atoms with van der Waals surface area (Å²) in [5.41, 5.74) is 1.23. The number of thioether (sulfide) groups is 1. The van der Waals surface area contributed by atoms with Crippen LogP contribution in [0.5, 0.6) is 0 Å². The number of hydrogen-bond donors (Lipinski definition) is 1. The Balaban J connectivity index is 2.01. The molecule has 1 aromatic rings. The molecule has 1 saturated heterocycles. The summed E-state index contributed by atoms with van der Waals surface area (Å²) in [6.45, 7) is 9.51. The summed E-state index contributed by atoms with van der Waals surface area (Å²) < 4.78 is 5.59. The molecule has 2 rings (SSSR count). The summed E-state index contributed by atoms with van der Waals surface area (Å²) >= 11 is 7.96. The molecule has 1 fully saturated rings. The van der Waals surface area contributed by atoms with Gasteiger partial charge in [0, 0.05) is 42.4 Å². The van der Waals surface area contributed by atoms with Crippen LogP contribution in [0.2, 0.25) is 5.02 Å². The second kappa shape index (κ2) is 10.9. The van der Waals surface area contributed by atoms with E-state index in [1.54, 1.807) is 0 Å². The van der Waals surface area contributed by atoms with Gasteiger partial charge in [-0.15, -0.1) is 0 Å². The molecule has 1 aliphatic rings. The molecule has 1 aliphatic heterocycles. The van der Waals surface area contributed by atoms with E-state index in [0.717, 1.165) is 50.4 Å². The van der Waals surface area contributed by atoms with Crippen LogP contribution in [-0.2, 0) is 4.74 Å². The molecule has 2 unspecified atom stereocenters. The van der Waals surface area contributed by atoms with Gasteiger partial charge in [0.05, 0.1) is 13.2 Å². The van der Waals surface area contributed by atoms with Gasteiger partial charge in [0.1, 0.15) is 0 Å². The van der Waals surface area contributed by atoms with Gasteiger partial charge in [-0.05, 0) is 44.2 Å². The maximum atomic E-state index is 6.14. The molecule has 1 N–H and O–H groups in total. The highest BCUT2D eigenvalue weighted by Crippen LogP contribution is 2.29. The van der Waals surface area contributed by atoms with E-state index in [1.807, 2.05) is 30.0 Å². The Hall–Kier alpha value is -0.910. The Labute approximate surface area is 161 Å². The highest BCUT2D eigenvalue weighted by atomic mass is 35.5. The highest BCUT2D eigenvalue weighted by molar-refractivity contribution is 7.98. The molecule has 0 radical (unpaired) electrons. The van der Waals surface area contributed by atoms with Crippen molar-refractivity contribution in [2.45, 2.75) is 25.5 Å². The van der Waals surface area contributed by atoms with Crippen LogP contribution in [0.4, 0.5) is 0 Å². The van der Waals surface area contributed by atoms with Crippen LogP contribution in [-0.4, -0.2) is 56.5 Å². The standard InChI is InChI=1S/C19H30ClN3OS/c1-4-21-19(23-10-9-15(13-23)14-24-5-2)22-12-18(25-3)16-7-6-8-17(20)11-16/h6-8,11,15,18H,4-5,9-10,12-14H2,1-3H3,(H,21,22).